The molecule has 2 aromatic heterocycles. The summed E-state index contributed by atoms with van der Waals surface area (Å²) in [5, 5.41) is 6.99. The molecular formula is C20H24N6O. The largest absolute Gasteiger partial charge is 0.347 e. The van der Waals surface area contributed by atoms with Crippen molar-refractivity contribution in [1.29, 1.82) is 0 Å². The first-order valence-corrected chi connectivity index (χ1v) is 9.50. The third kappa shape index (κ3) is 3.83. The lowest BCUT2D eigenvalue weighted by Gasteiger charge is -2.32. The van der Waals surface area contributed by atoms with Gasteiger partial charge in [0, 0.05) is 31.6 Å². The van der Waals surface area contributed by atoms with Crippen molar-refractivity contribution in [3.05, 3.63) is 70.4 Å². The highest BCUT2D eigenvalue weighted by atomic mass is 16.1. The average Bonchev–Trinajstić information content (AvgIpc) is 3.10. The van der Waals surface area contributed by atoms with Crippen LogP contribution in [0.4, 0.5) is 0 Å². The highest BCUT2D eigenvalue weighted by molar-refractivity contribution is 5.32. The highest BCUT2D eigenvalue weighted by Gasteiger charge is 2.27. The number of benzene rings is 1. The van der Waals surface area contributed by atoms with Crippen LogP contribution >= 0.6 is 0 Å². The molecule has 0 unspecified atom stereocenters. The molecule has 4 rings (SSSR count). The van der Waals surface area contributed by atoms with Crippen molar-refractivity contribution >= 4 is 0 Å². The Bertz CT molecular complexity index is 948. The second-order valence-electron chi connectivity index (χ2n) is 6.95. The van der Waals surface area contributed by atoms with E-state index in [1.54, 1.807) is 4.57 Å². The summed E-state index contributed by atoms with van der Waals surface area (Å²) in [5.41, 5.74) is 1.72. The van der Waals surface area contributed by atoms with Crippen molar-refractivity contribution in [2.45, 2.75) is 38.6 Å². The predicted octanol–water partition coefficient (Wildman–Crippen LogP) is 2.29. The average molecular weight is 364 g/mol. The molecule has 1 N–H and O–H groups in total. The number of nitrogens with zero attached hydrogens (tertiary/aromatic N) is 5. The molecule has 0 saturated carbocycles. The van der Waals surface area contributed by atoms with Crippen LogP contribution in [-0.4, -0.2) is 42.7 Å². The van der Waals surface area contributed by atoms with Crippen LogP contribution in [0.25, 0.3) is 5.69 Å². The van der Waals surface area contributed by atoms with Crippen molar-refractivity contribution in [1.82, 2.24) is 29.6 Å². The van der Waals surface area contributed by atoms with E-state index >= 15 is 0 Å². The molecular weight excluding hydrogens is 340 g/mol. The number of hydrogen-bond donors (Lipinski definition) is 1. The van der Waals surface area contributed by atoms with E-state index in [1.165, 1.54) is 0 Å². The summed E-state index contributed by atoms with van der Waals surface area (Å²) >= 11 is 0. The summed E-state index contributed by atoms with van der Waals surface area (Å²) in [4.78, 5) is 23.6. The predicted molar refractivity (Wildman–Crippen MR) is 103 cm³/mol. The molecule has 1 aliphatic heterocycles. The van der Waals surface area contributed by atoms with Crippen molar-refractivity contribution in [2.75, 3.05) is 13.1 Å². The zero-order valence-electron chi connectivity index (χ0n) is 15.5. The van der Waals surface area contributed by atoms with Gasteiger partial charge in [-0.3, -0.25) is 4.90 Å². The van der Waals surface area contributed by atoms with Crippen LogP contribution in [0.3, 0.4) is 0 Å². The molecule has 0 aliphatic carbocycles. The Morgan fingerprint density at radius 1 is 1.22 bits per heavy atom. The van der Waals surface area contributed by atoms with E-state index in [2.05, 4.69) is 32.0 Å². The summed E-state index contributed by atoms with van der Waals surface area (Å²) in [6.07, 6.45) is 4.78. The number of H-pyrrole nitrogens is 1. The van der Waals surface area contributed by atoms with E-state index in [0.29, 0.717) is 0 Å². The van der Waals surface area contributed by atoms with Gasteiger partial charge in [-0.2, -0.15) is 5.10 Å². The first-order chi connectivity index (χ1) is 13.2. The van der Waals surface area contributed by atoms with Gasteiger partial charge in [0.1, 0.15) is 11.6 Å². The molecule has 3 aromatic rings. The molecule has 1 aromatic carbocycles. The monoisotopic (exact) mass is 364 g/mol. The summed E-state index contributed by atoms with van der Waals surface area (Å²) in [7, 11) is 0. The van der Waals surface area contributed by atoms with Crippen LogP contribution in [0.1, 0.15) is 43.0 Å². The molecule has 1 atom stereocenters. The normalized spacial score (nSPS) is 17.9. The van der Waals surface area contributed by atoms with Crippen LogP contribution in [0.5, 0.6) is 0 Å². The maximum Gasteiger partial charge on any atom is 0.347 e. The van der Waals surface area contributed by atoms with Crippen LogP contribution in [0, 0.1) is 0 Å². The fourth-order valence-electron chi connectivity index (χ4n) is 3.75. The Balaban J connectivity index is 1.55. The second kappa shape index (κ2) is 7.84. The Morgan fingerprint density at radius 2 is 2.07 bits per heavy atom. The Morgan fingerprint density at radius 3 is 2.89 bits per heavy atom. The molecule has 0 bridgehead atoms. The number of hydrogen-bond acceptors (Lipinski definition) is 5. The summed E-state index contributed by atoms with van der Waals surface area (Å²) in [6, 6.07) is 11.7. The SMILES string of the molecule is CCc1nccc(CN2CCC[C@@H](c3n[nH]c(=O)n3-c3ccccc3)C2)n1. The number of nitrogens with one attached hydrogen (secondary N) is 1. The van der Waals surface area contributed by atoms with Crippen LogP contribution < -0.4 is 5.69 Å². The van der Waals surface area contributed by atoms with Gasteiger partial charge in [-0.25, -0.2) is 24.4 Å². The molecule has 7 nitrogen and oxygen atoms in total. The Hall–Kier alpha value is -2.80. The highest BCUT2D eigenvalue weighted by Crippen LogP contribution is 2.27. The minimum Gasteiger partial charge on any atom is -0.297 e. The first kappa shape index (κ1) is 17.6. The number of aryl methyl sites for hydroxylation is 1. The molecule has 1 aliphatic rings. The van der Waals surface area contributed by atoms with Gasteiger partial charge in [-0.05, 0) is 37.6 Å². The number of likely N-dealkylation sites (tertiary alicyclic amines) is 1. The van der Waals surface area contributed by atoms with E-state index in [4.69, 9.17) is 0 Å². The van der Waals surface area contributed by atoms with Crippen molar-refractivity contribution < 1.29 is 0 Å². The summed E-state index contributed by atoms with van der Waals surface area (Å²) < 4.78 is 1.70. The topological polar surface area (TPSA) is 79.7 Å². The van der Waals surface area contributed by atoms with Crippen molar-refractivity contribution in [2.24, 2.45) is 0 Å². The number of aromatic amines is 1. The van der Waals surface area contributed by atoms with E-state index in [9.17, 15) is 4.79 Å². The first-order valence-electron chi connectivity index (χ1n) is 9.50. The van der Waals surface area contributed by atoms with Gasteiger partial charge in [-0.15, -0.1) is 0 Å². The lowest BCUT2D eigenvalue weighted by atomic mass is 9.97. The lowest BCUT2D eigenvalue weighted by Crippen LogP contribution is -2.35. The zero-order chi connectivity index (χ0) is 18.6. The fourth-order valence-corrected chi connectivity index (χ4v) is 3.75. The van der Waals surface area contributed by atoms with E-state index in [0.717, 1.165) is 61.9 Å². The van der Waals surface area contributed by atoms with E-state index < -0.39 is 0 Å². The molecule has 27 heavy (non-hydrogen) atoms. The lowest BCUT2D eigenvalue weighted by molar-refractivity contribution is 0.193. The molecule has 140 valence electrons. The number of aromatic nitrogens is 5. The van der Waals surface area contributed by atoms with E-state index in [1.807, 2.05) is 42.6 Å². The third-order valence-corrected chi connectivity index (χ3v) is 5.05. The fraction of sp³-hybridized carbons (Fsp3) is 0.400. The summed E-state index contributed by atoms with van der Waals surface area (Å²) in [5.74, 6) is 1.91. The zero-order valence-corrected chi connectivity index (χ0v) is 15.5. The maximum atomic E-state index is 12.3. The van der Waals surface area contributed by atoms with Crippen LogP contribution in [0.15, 0.2) is 47.4 Å². The Labute approximate surface area is 158 Å². The van der Waals surface area contributed by atoms with Gasteiger partial charge in [-0.1, -0.05) is 25.1 Å². The smallest absolute Gasteiger partial charge is 0.297 e. The second-order valence-corrected chi connectivity index (χ2v) is 6.95. The molecule has 0 radical (unpaired) electrons. The maximum absolute atomic E-state index is 12.3. The molecule has 1 saturated heterocycles. The van der Waals surface area contributed by atoms with Gasteiger partial charge in [0.25, 0.3) is 0 Å². The molecule has 0 amide bonds. The third-order valence-electron chi connectivity index (χ3n) is 5.05. The van der Waals surface area contributed by atoms with Crippen LogP contribution in [-0.2, 0) is 13.0 Å². The molecule has 1 fully saturated rings. The van der Waals surface area contributed by atoms with Gasteiger partial charge in [0.15, 0.2) is 0 Å². The minimum atomic E-state index is -0.184. The quantitative estimate of drug-likeness (QED) is 0.751. The van der Waals surface area contributed by atoms with Gasteiger partial charge in [0.2, 0.25) is 0 Å². The molecule has 7 heteroatoms. The number of rotatable bonds is 5. The van der Waals surface area contributed by atoms with Crippen molar-refractivity contribution in [3.8, 4) is 5.69 Å². The van der Waals surface area contributed by atoms with E-state index in [-0.39, 0.29) is 11.6 Å². The van der Waals surface area contributed by atoms with Gasteiger partial charge in [0.05, 0.1) is 11.4 Å². The van der Waals surface area contributed by atoms with Gasteiger partial charge < -0.3 is 0 Å². The Kier molecular flexibility index (Phi) is 5.11. The molecule has 3 heterocycles. The number of piperidine rings is 1. The summed E-state index contributed by atoms with van der Waals surface area (Å²) in [6.45, 7) is 4.76. The molecule has 0 spiro atoms. The van der Waals surface area contributed by atoms with Gasteiger partial charge >= 0.3 is 5.69 Å². The standard InChI is InChI=1S/C20H24N6O/c1-2-18-21-11-10-16(22-18)14-25-12-6-7-15(13-25)19-23-24-20(27)26(19)17-8-4-3-5-9-17/h3-5,8-11,15H,2,6-7,12-14H2,1H3,(H,24,27)/t15-/m1/s1. The van der Waals surface area contributed by atoms with Crippen LogP contribution in [0.2, 0.25) is 0 Å². The number of para-hydroxylation sites is 1. The van der Waals surface area contributed by atoms with Crippen molar-refractivity contribution in [3.63, 3.8) is 0 Å². The minimum absolute atomic E-state index is 0.184.